The van der Waals surface area contributed by atoms with Crippen molar-refractivity contribution in [3.63, 3.8) is 0 Å². The lowest BCUT2D eigenvalue weighted by atomic mass is 10.0. The van der Waals surface area contributed by atoms with Crippen molar-refractivity contribution in [1.29, 1.82) is 0 Å². The topological polar surface area (TPSA) is 108 Å². The van der Waals surface area contributed by atoms with Crippen LogP contribution in [0, 0.1) is 0 Å². The molecule has 0 amide bonds. The maximum atomic E-state index is 12.8. The lowest BCUT2D eigenvalue weighted by Gasteiger charge is -2.24. The van der Waals surface area contributed by atoms with E-state index >= 15 is 0 Å². The summed E-state index contributed by atoms with van der Waals surface area (Å²) in [5, 5.41) is 0. The van der Waals surface area contributed by atoms with Gasteiger partial charge in [0.25, 0.3) is 0 Å². The zero-order valence-corrected chi connectivity index (χ0v) is 51.2. The monoisotopic (exact) mass is 1100 g/mol. The first kappa shape index (κ1) is 74.2. The fraction of sp³-hybridized carbons (Fsp3) is 0.647. The zero-order chi connectivity index (χ0) is 57.0. The Hall–Kier alpha value is -3.85. The van der Waals surface area contributed by atoms with Crippen LogP contribution < -0.4 is 0 Å². The predicted octanol–water partition coefficient (Wildman–Crippen LogP) is 19.7. The summed E-state index contributed by atoms with van der Waals surface area (Å²) >= 11 is 0. The molecule has 0 aromatic rings. The minimum atomic E-state index is -4.41. The minimum Gasteiger partial charge on any atom is -0.462 e. The Kier molecular flexibility index (Phi) is 55.0. The molecule has 0 aliphatic rings. The molecule has 2 atom stereocenters. The highest BCUT2D eigenvalue weighted by Crippen LogP contribution is 2.43. The molecule has 0 aliphatic carbocycles. The van der Waals surface area contributed by atoms with E-state index in [4.69, 9.17) is 18.5 Å². The number of phosphoric ester groups is 1. The fourth-order valence-corrected chi connectivity index (χ4v) is 8.73. The maximum Gasteiger partial charge on any atom is 0.472 e. The van der Waals surface area contributed by atoms with Gasteiger partial charge in [-0.15, -0.1) is 0 Å². The number of unbranched alkanes of at least 4 members (excludes halogenated alkanes) is 19. The average Bonchev–Trinajstić information content (AvgIpc) is 3.40. The van der Waals surface area contributed by atoms with Gasteiger partial charge in [0.15, 0.2) is 6.10 Å². The number of hydrogen-bond donors (Lipinski definition) is 1. The van der Waals surface area contributed by atoms with Crippen LogP contribution in [0.15, 0.2) is 134 Å². The van der Waals surface area contributed by atoms with Gasteiger partial charge in [0, 0.05) is 12.8 Å². The number of quaternary nitrogens is 1. The molecule has 0 spiro atoms. The van der Waals surface area contributed by atoms with Gasteiger partial charge in [-0.25, -0.2) is 4.57 Å². The number of nitrogens with zero attached hydrogens (tertiary/aromatic N) is 1. The van der Waals surface area contributed by atoms with Gasteiger partial charge in [-0.2, -0.15) is 0 Å². The van der Waals surface area contributed by atoms with Gasteiger partial charge in [0.2, 0.25) is 0 Å². The van der Waals surface area contributed by atoms with Gasteiger partial charge in [0.05, 0.1) is 27.7 Å². The predicted molar refractivity (Wildman–Crippen MR) is 334 cm³/mol. The third kappa shape index (κ3) is 61.4. The van der Waals surface area contributed by atoms with Crippen molar-refractivity contribution in [3.05, 3.63) is 134 Å². The highest BCUT2D eigenvalue weighted by molar-refractivity contribution is 7.47. The van der Waals surface area contributed by atoms with Crippen LogP contribution in [0.1, 0.15) is 232 Å². The lowest BCUT2D eigenvalue weighted by molar-refractivity contribution is -0.870. The molecule has 0 aromatic carbocycles. The second kappa shape index (κ2) is 57.8. The molecule has 0 saturated carbocycles. The molecule has 10 heteroatoms. The van der Waals surface area contributed by atoms with Crippen molar-refractivity contribution in [2.24, 2.45) is 0 Å². The van der Waals surface area contributed by atoms with E-state index in [-0.39, 0.29) is 32.0 Å². The first-order chi connectivity index (χ1) is 38.0. The molecule has 444 valence electrons. The van der Waals surface area contributed by atoms with Crippen molar-refractivity contribution >= 4 is 19.8 Å². The summed E-state index contributed by atoms with van der Waals surface area (Å²) in [6.45, 7) is 4.16. The van der Waals surface area contributed by atoms with Crippen LogP contribution >= 0.6 is 7.82 Å². The average molecular weight is 1110 g/mol. The molecule has 9 nitrogen and oxygen atoms in total. The Morgan fingerprint density at radius 1 is 0.397 bits per heavy atom. The number of ether oxygens (including phenoxy) is 2. The highest BCUT2D eigenvalue weighted by atomic mass is 31.2. The van der Waals surface area contributed by atoms with Crippen molar-refractivity contribution in [2.45, 2.75) is 238 Å². The van der Waals surface area contributed by atoms with E-state index in [0.29, 0.717) is 17.4 Å². The van der Waals surface area contributed by atoms with Crippen molar-refractivity contribution in [1.82, 2.24) is 0 Å². The molecule has 1 N–H and O–H groups in total. The molecule has 78 heavy (non-hydrogen) atoms. The number of carbonyl (C=O) groups is 2. The van der Waals surface area contributed by atoms with E-state index < -0.39 is 26.5 Å². The van der Waals surface area contributed by atoms with Crippen LogP contribution in [0.5, 0.6) is 0 Å². The number of phosphoric acid groups is 1. The summed E-state index contributed by atoms with van der Waals surface area (Å²) in [5.41, 5.74) is 0. The van der Waals surface area contributed by atoms with Crippen molar-refractivity contribution < 1.29 is 42.1 Å². The van der Waals surface area contributed by atoms with Gasteiger partial charge in [-0.1, -0.05) is 244 Å². The molecule has 0 radical (unpaired) electrons. The molecule has 0 fully saturated rings. The molecule has 0 heterocycles. The van der Waals surface area contributed by atoms with E-state index in [1.807, 2.05) is 21.1 Å². The lowest BCUT2D eigenvalue weighted by Crippen LogP contribution is -2.37. The van der Waals surface area contributed by atoms with Crippen LogP contribution in [0.3, 0.4) is 0 Å². The normalized spacial score (nSPS) is 14.2. The maximum absolute atomic E-state index is 12.8. The van der Waals surface area contributed by atoms with Gasteiger partial charge in [-0.3, -0.25) is 18.6 Å². The molecule has 0 aromatic heterocycles. The molecule has 0 rings (SSSR count). The summed E-state index contributed by atoms with van der Waals surface area (Å²) in [4.78, 5) is 35.8. The third-order valence-corrected chi connectivity index (χ3v) is 13.7. The summed E-state index contributed by atoms with van der Waals surface area (Å²) in [7, 11) is 1.44. The first-order valence-corrected chi connectivity index (χ1v) is 32.4. The van der Waals surface area contributed by atoms with E-state index in [1.165, 1.54) is 89.9 Å². The first-order valence-electron chi connectivity index (χ1n) is 30.9. The van der Waals surface area contributed by atoms with Crippen LogP contribution in [-0.2, 0) is 32.7 Å². The second-order valence-corrected chi connectivity index (χ2v) is 22.8. The Morgan fingerprint density at radius 2 is 0.692 bits per heavy atom. The summed E-state index contributed by atoms with van der Waals surface area (Å²) in [6, 6.07) is 0. The van der Waals surface area contributed by atoms with E-state index in [2.05, 4.69) is 148 Å². The van der Waals surface area contributed by atoms with Crippen LogP contribution in [-0.4, -0.2) is 74.9 Å². The van der Waals surface area contributed by atoms with Crippen molar-refractivity contribution in [2.75, 3.05) is 47.5 Å². The van der Waals surface area contributed by atoms with E-state index in [1.54, 1.807) is 0 Å². The number of rotatable bonds is 55. The fourth-order valence-electron chi connectivity index (χ4n) is 7.99. The van der Waals surface area contributed by atoms with Gasteiger partial charge in [0.1, 0.15) is 19.8 Å². The van der Waals surface area contributed by atoms with Crippen LogP contribution in [0.4, 0.5) is 0 Å². The van der Waals surface area contributed by atoms with E-state index in [0.717, 1.165) is 109 Å². The van der Waals surface area contributed by atoms with Crippen molar-refractivity contribution in [3.8, 4) is 0 Å². The number of carbonyl (C=O) groups excluding carboxylic acids is 2. The summed E-state index contributed by atoms with van der Waals surface area (Å²) in [5.74, 6) is -0.841. The second-order valence-electron chi connectivity index (χ2n) is 21.3. The minimum absolute atomic E-state index is 0.0181. The number of hydrogen-bond acceptors (Lipinski definition) is 7. The third-order valence-electron chi connectivity index (χ3n) is 12.7. The quantitative estimate of drug-likeness (QED) is 0.0211. The Bertz CT molecular complexity index is 1780. The van der Waals surface area contributed by atoms with Gasteiger partial charge >= 0.3 is 19.8 Å². The summed E-state index contributed by atoms with van der Waals surface area (Å²) in [6.07, 6.45) is 83.9. The summed E-state index contributed by atoms with van der Waals surface area (Å²) < 4.78 is 34.6. The molecule has 0 saturated heterocycles. The number of esters is 2. The SMILES string of the molecule is CC/C=C\C/C=C\C/C=C\C/C=C\C/C=C\C/C=C\C/C=C\CCCCCC(=O)OC(COC(=O)CCCCCCCCCCCCCCCCCC/C=C\C/C=C\C/C=C\C/C=C\CC)COP(=O)(O)OCC[N+](C)(C)C. The van der Waals surface area contributed by atoms with E-state index in [9.17, 15) is 19.0 Å². The molecule has 0 bridgehead atoms. The number of allylic oxidation sites excluding steroid dienone is 22. The smallest absolute Gasteiger partial charge is 0.462 e. The number of likely N-dealkylation sites (N-methyl/N-ethyl adjacent to an activating group) is 1. The zero-order valence-electron chi connectivity index (χ0n) is 50.3. The van der Waals surface area contributed by atoms with Crippen LogP contribution in [0.2, 0.25) is 0 Å². The van der Waals surface area contributed by atoms with Gasteiger partial charge < -0.3 is 18.9 Å². The molecule has 2 unspecified atom stereocenters. The Balaban J connectivity index is 4.20. The van der Waals surface area contributed by atoms with Crippen LogP contribution in [0.25, 0.3) is 0 Å². The Morgan fingerprint density at radius 3 is 1.04 bits per heavy atom. The molecular formula is C68H115NO8P+. The molecular weight excluding hydrogens is 990 g/mol. The standard InChI is InChI=1S/C68H114NO8P/c1-6-8-10-12-14-16-18-20-22-24-26-28-30-32-33-34-35-37-38-40-42-44-46-48-50-52-54-56-58-60-67(70)74-64-66(65-76-78(72,73)75-63-62-69(3,4)5)77-68(71)61-59-57-55-53-51-49-47-45-43-41-39-36-31-29-27-25-23-21-19-17-15-13-11-9-7-2/h8-11,14-17,20-23,26-29,36,39,43,45,49,51,66H,6-7,12-13,18-19,24-25,30-35,37-38,40-42,44,46-48,50,52-65H2,1-5H3/p+1/b10-8-,11-9-,16-14-,17-15-,22-20-,23-21-,28-26-,29-27-,39-36-,45-43-,51-49-. The Labute approximate surface area is 479 Å². The van der Waals surface area contributed by atoms with Gasteiger partial charge in [-0.05, 0) is 109 Å². The highest BCUT2D eigenvalue weighted by Gasteiger charge is 2.27. The molecule has 0 aliphatic heterocycles. The largest absolute Gasteiger partial charge is 0.472 e.